The number of nitrogens with zero attached hydrogens (tertiary/aromatic N) is 5. The molecule has 1 aliphatic heterocycles. The molecule has 0 spiro atoms. The minimum absolute atomic E-state index is 0.657. The molecule has 10 aromatic rings. The monoisotopic (exact) mass is 795 g/mol. The van der Waals surface area contributed by atoms with E-state index in [1.165, 1.54) is 0 Å². The Kier molecular flexibility index (Phi) is 9.41. The van der Waals surface area contributed by atoms with Gasteiger partial charge in [-0.1, -0.05) is 158 Å². The van der Waals surface area contributed by atoms with Gasteiger partial charge in [0.15, 0.2) is 23.1 Å². The number of para-hydroxylation sites is 4. The van der Waals surface area contributed by atoms with E-state index < -0.39 is 0 Å². The molecule has 292 valence electrons. The van der Waals surface area contributed by atoms with Gasteiger partial charge in [-0.25, -0.2) is 19.9 Å². The Bertz CT molecular complexity index is 2890. The first-order valence-corrected chi connectivity index (χ1v) is 20.6. The van der Waals surface area contributed by atoms with Gasteiger partial charge in [0.25, 0.3) is 0 Å². The Hall–Kier alpha value is -8.48. The molecule has 0 unspecified atom stereocenters. The van der Waals surface area contributed by atoms with Gasteiger partial charge in [-0.15, -0.1) is 0 Å². The Morgan fingerprint density at radius 2 is 0.629 bits per heavy atom. The highest BCUT2D eigenvalue weighted by Crippen LogP contribution is 2.50. The highest BCUT2D eigenvalue weighted by Gasteiger charge is 2.25. The van der Waals surface area contributed by atoms with Gasteiger partial charge in [-0.2, -0.15) is 0 Å². The lowest BCUT2D eigenvalue weighted by atomic mass is 9.95. The van der Waals surface area contributed by atoms with E-state index in [0.29, 0.717) is 11.6 Å². The molecule has 62 heavy (non-hydrogen) atoms. The molecular formula is C56H37N5O. The molecule has 0 aliphatic carbocycles. The van der Waals surface area contributed by atoms with Crippen LogP contribution in [0.1, 0.15) is 0 Å². The van der Waals surface area contributed by atoms with E-state index in [2.05, 4.69) is 120 Å². The number of fused-ring (bicyclic) bond motifs is 2. The first kappa shape index (κ1) is 36.6. The van der Waals surface area contributed by atoms with Gasteiger partial charge in [0.2, 0.25) is 0 Å². The Morgan fingerprint density at radius 3 is 1.06 bits per heavy atom. The van der Waals surface area contributed by atoms with Crippen LogP contribution in [-0.2, 0) is 0 Å². The largest absolute Gasteiger partial charge is 0.453 e. The van der Waals surface area contributed by atoms with Crippen molar-refractivity contribution in [1.82, 2.24) is 19.9 Å². The summed E-state index contributed by atoms with van der Waals surface area (Å²) in [6, 6.07) is 76.8. The summed E-state index contributed by atoms with van der Waals surface area (Å²) in [7, 11) is 0. The maximum Gasteiger partial charge on any atom is 0.160 e. The van der Waals surface area contributed by atoms with Gasteiger partial charge in [0.05, 0.1) is 34.2 Å². The smallest absolute Gasteiger partial charge is 0.160 e. The summed E-state index contributed by atoms with van der Waals surface area (Å²) >= 11 is 0. The molecular weight excluding hydrogens is 759 g/mol. The van der Waals surface area contributed by atoms with Crippen LogP contribution < -0.4 is 9.64 Å². The maximum absolute atomic E-state index is 6.32. The Balaban J connectivity index is 1.10. The highest BCUT2D eigenvalue weighted by molar-refractivity contribution is 5.88. The quantitative estimate of drug-likeness (QED) is 0.153. The molecule has 0 fully saturated rings. The average molecular weight is 796 g/mol. The summed E-state index contributed by atoms with van der Waals surface area (Å²) in [4.78, 5) is 23.0. The van der Waals surface area contributed by atoms with Crippen molar-refractivity contribution in [3.05, 3.63) is 224 Å². The number of hydrogen-bond donors (Lipinski definition) is 0. The molecule has 2 aromatic heterocycles. The number of benzene rings is 8. The first-order valence-electron chi connectivity index (χ1n) is 20.6. The van der Waals surface area contributed by atoms with Crippen LogP contribution in [0.2, 0.25) is 0 Å². The fourth-order valence-corrected chi connectivity index (χ4v) is 8.01. The molecule has 0 saturated heterocycles. The lowest BCUT2D eigenvalue weighted by Gasteiger charge is -2.32. The van der Waals surface area contributed by atoms with Crippen molar-refractivity contribution in [2.75, 3.05) is 4.90 Å². The second-order valence-corrected chi connectivity index (χ2v) is 15.1. The van der Waals surface area contributed by atoms with Gasteiger partial charge in [0, 0.05) is 39.1 Å². The van der Waals surface area contributed by atoms with E-state index in [9.17, 15) is 0 Å². The van der Waals surface area contributed by atoms with Crippen molar-refractivity contribution < 1.29 is 4.74 Å². The molecule has 0 saturated carbocycles. The van der Waals surface area contributed by atoms with Gasteiger partial charge in [-0.3, -0.25) is 0 Å². The minimum Gasteiger partial charge on any atom is -0.453 e. The number of anilines is 3. The fraction of sp³-hybridized carbons (Fsp3) is 0. The fourth-order valence-electron chi connectivity index (χ4n) is 8.01. The van der Waals surface area contributed by atoms with Gasteiger partial charge in [-0.05, 0) is 77.9 Å². The maximum atomic E-state index is 6.32. The predicted molar refractivity (Wildman–Crippen MR) is 250 cm³/mol. The average Bonchev–Trinajstić information content (AvgIpc) is 3.36. The summed E-state index contributed by atoms with van der Waals surface area (Å²) < 4.78 is 6.32. The molecule has 0 amide bonds. The standard InChI is InChI=1S/C56H37N5O/c1-5-17-39(18-6-1)47-36-49(59-55(57-47)41-21-9-3-10-22-41)44-33-43(38-29-31-46(32-30-38)61-51-25-13-15-27-53(51)62-54-28-16-14-26-52(54)61)34-45(35-44)50-37-48(40-19-7-2-8-20-40)58-56(60-50)42-23-11-4-12-24-42/h1-37H. The molecule has 0 N–H and O–H groups in total. The molecule has 0 atom stereocenters. The lowest BCUT2D eigenvalue weighted by molar-refractivity contribution is 0.477. The summed E-state index contributed by atoms with van der Waals surface area (Å²) in [6.07, 6.45) is 0. The van der Waals surface area contributed by atoms with Crippen LogP contribution >= 0.6 is 0 Å². The summed E-state index contributed by atoms with van der Waals surface area (Å²) in [6.45, 7) is 0. The summed E-state index contributed by atoms with van der Waals surface area (Å²) in [5.41, 5.74) is 14.2. The number of rotatable bonds is 8. The molecule has 3 heterocycles. The van der Waals surface area contributed by atoms with Crippen LogP contribution in [0, 0.1) is 0 Å². The van der Waals surface area contributed by atoms with Crippen molar-refractivity contribution in [2.24, 2.45) is 0 Å². The SMILES string of the molecule is c1ccc(-c2cc(-c3cc(-c4ccc(N5c6ccccc6Oc6ccccc65)cc4)cc(-c4cc(-c5ccccc5)nc(-c5ccccc5)n4)c3)nc(-c3ccccc3)n2)cc1. The van der Waals surface area contributed by atoms with Gasteiger partial charge >= 0.3 is 0 Å². The highest BCUT2D eigenvalue weighted by atomic mass is 16.5. The van der Waals surface area contributed by atoms with Gasteiger partial charge in [0.1, 0.15) is 0 Å². The second kappa shape index (κ2) is 15.9. The number of hydrogen-bond acceptors (Lipinski definition) is 6. The van der Waals surface area contributed by atoms with Crippen molar-refractivity contribution in [2.45, 2.75) is 0 Å². The topological polar surface area (TPSA) is 64.0 Å². The van der Waals surface area contributed by atoms with E-state index in [1.54, 1.807) is 0 Å². The zero-order valence-corrected chi connectivity index (χ0v) is 33.5. The van der Waals surface area contributed by atoms with Crippen molar-refractivity contribution in [3.63, 3.8) is 0 Å². The molecule has 8 aromatic carbocycles. The molecule has 6 heteroatoms. The summed E-state index contributed by atoms with van der Waals surface area (Å²) in [5.74, 6) is 2.95. The van der Waals surface area contributed by atoms with E-state index in [-0.39, 0.29) is 0 Å². The van der Waals surface area contributed by atoms with Crippen LogP contribution in [-0.4, -0.2) is 19.9 Å². The lowest BCUT2D eigenvalue weighted by Crippen LogP contribution is -2.15. The molecule has 6 nitrogen and oxygen atoms in total. The van der Waals surface area contributed by atoms with E-state index in [4.69, 9.17) is 24.7 Å². The normalized spacial score (nSPS) is 11.6. The van der Waals surface area contributed by atoms with Crippen LogP contribution in [0.4, 0.5) is 17.1 Å². The predicted octanol–water partition coefficient (Wildman–Crippen LogP) is 14.5. The minimum atomic E-state index is 0.657. The van der Waals surface area contributed by atoms with Gasteiger partial charge < -0.3 is 9.64 Å². The summed E-state index contributed by atoms with van der Waals surface area (Å²) in [5, 5.41) is 0. The molecule has 11 rings (SSSR count). The molecule has 1 aliphatic rings. The Morgan fingerprint density at radius 1 is 0.274 bits per heavy atom. The molecule has 0 radical (unpaired) electrons. The van der Waals surface area contributed by atoms with E-state index >= 15 is 0 Å². The van der Waals surface area contributed by atoms with Crippen LogP contribution in [0.3, 0.4) is 0 Å². The van der Waals surface area contributed by atoms with Crippen LogP contribution in [0.15, 0.2) is 224 Å². The molecule has 0 bridgehead atoms. The number of ether oxygens (including phenoxy) is 1. The van der Waals surface area contributed by atoms with E-state index in [1.807, 2.05) is 109 Å². The third kappa shape index (κ3) is 7.16. The zero-order chi connectivity index (χ0) is 41.2. The van der Waals surface area contributed by atoms with Crippen molar-refractivity contribution in [1.29, 1.82) is 0 Å². The second-order valence-electron chi connectivity index (χ2n) is 15.1. The number of aromatic nitrogens is 4. The van der Waals surface area contributed by atoms with Crippen LogP contribution in [0.25, 0.3) is 78.9 Å². The van der Waals surface area contributed by atoms with Crippen molar-refractivity contribution >= 4 is 17.1 Å². The zero-order valence-electron chi connectivity index (χ0n) is 33.5. The van der Waals surface area contributed by atoms with Crippen molar-refractivity contribution in [3.8, 4) is 90.4 Å². The van der Waals surface area contributed by atoms with Crippen LogP contribution in [0.5, 0.6) is 11.5 Å². The third-order valence-electron chi connectivity index (χ3n) is 11.1. The van der Waals surface area contributed by atoms with E-state index in [0.717, 1.165) is 95.8 Å². The third-order valence-corrected chi connectivity index (χ3v) is 11.1. The Labute approximate surface area is 360 Å². The first-order chi connectivity index (χ1) is 30.7.